The first-order chi connectivity index (χ1) is 22.6. The molecule has 6 aromatic carbocycles. The predicted octanol–water partition coefficient (Wildman–Crippen LogP) is 7.97. The summed E-state index contributed by atoms with van der Waals surface area (Å²) in [5, 5.41) is 8.39. The molecule has 0 aromatic heterocycles. The second-order valence-corrected chi connectivity index (χ2v) is 16.6. The Morgan fingerprint density at radius 2 is 0.543 bits per heavy atom. The van der Waals surface area contributed by atoms with Crippen molar-refractivity contribution in [1.29, 1.82) is 0 Å². The number of amides is 1. The van der Waals surface area contributed by atoms with E-state index in [1.54, 1.807) is 14.1 Å². The number of halogens is 2. The molecule has 0 N–H and O–H groups in total. The summed E-state index contributed by atoms with van der Waals surface area (Å²) in [6.45, 7) is 0. The van der Waals surface area contributed by atoms with Crippen molar-refractivity contribution in [2.45, 2.75) is 0 Å². The molecule has 0 aliphatic heterocycles. The van der Waals surface area contributed by atoms with Crippen molar-refractivity contribution in [2.24, 2.45) is 0 Å². The van der Waals surface area contributed by atoms with Gasteiger partial charge < -0.3 is 4.90 Å². The van der Waals surface area contributed by atoms with Crippen molar-refractivity contribution in [3.63, 3.8) is 0 Å². The summed E-state index contributed by atoms with van der Waals surface area (Å²) in [6, 6.07) is 64.7. The third-order valence-electron chi connectivity index (χ3n) is 6.30. The van der Waals surface area contributed by atoms with Crippen LogP contribution in [0, 0.1) is 0 Å². The molecule has 0 aliphatic rings. The molecule has 2 nitrogen and oxygen atoms in total. The van der Waals surface area contributed by atoms with Gasteiger partial charge in [-0.25, -0.2) is 0 Å². The van der Waals surface area contributed by atoms with Crippen LogP contribution >= 0.6 is 34.9 Å². The van der Waals surface area contributed by atoms with Gasteiger partial charge in [0.1, 0.15) is 0 Å². The quantitative estimate of drug-likeness (QED) is 0.0917. The molecule has 0 fully saturated rings. The molecule has 0 aliphatic carbocycles. The molecule has 1 amide bonds. The number of rotatable bonds is 7. The van der Waals surface area contributed by atoms with Gasteiger partial charge in [0.25, 0.3) is 0 Å². The first-order valence-corrected chi connectivity index (χ1v) is 21.1. The predicted molar refractivity (Wildman–Crippen MR) is 202 cm³/mol. The average molecular weight is 775 g/mol. The minimum absolute atomic E-state index is 0.106. The van der Waals surface area contributed by atoms with E-state index in [2.05, 4.69) is 182 Å². The fourth-order valence-corrected chi connectivity index (χ4v) is 8.97. The minimum atomic E-state index is -0.446. The number of hydrogen-bond donors (Lipinski definition) is 0. The van der Waals surface area contributed by atoms with Gasteiger partial charge in [0, 0.05) is 14.1 Å². The van der Waals surface area contributed by atoms with Gasteiger partial charge in [0.15, 0.2) is 0 Å². The fraction of sp³-hybridized carbons (Fsp3) is 0.0513. The Balaban J connectivity index is 0.000000204. The molecule has 7 heteroatoms. The Kier molecular flexibility index (Phi) is 18.2. The molecule has 0 bridgehead atoms. The molecule has 0 saturated carbocycles. The molecule has 0 saturated heterocycles. The van der Waals surface area contributed by atoms with E-state index in [4.69, 9.17) is 19.1 Å². The minimum Gasteiger partial charge on any atom is -0.0622 e. The Hall–Kier alpha value is -3.11. The standard InChI is InChI=1S/2C18H15P.C3H7NO.2ClH.Pd/c2*1-4-10-16(11-5-1)19(17-12-6-2-7-13-17)18-14-8-3-9-15-18;1-4(2)3-5;;;/h2*1-15H;3H,1-2H3;2*1H;/q;;;;;+2/p-2. The monoisotopic (exact) mass is 773 g/mol. The number of nitrogens with zero attached hydrogens (tertiary/aromatic N) is 1. The van der Waals surface area contributed by atoms with Crippen LogP contribution in [0.1, 0.15) is 0 Å². The van der Waals surface area contributed by atoms with Crippen LogP contribution in [0.2, 0.25) is 0 Å². The smallest absolute Gasteiger partial charge is 0.0134 e. The van der Waals surface area contributed by atoms with E-state index in [1.165, 1.54) is 36.7 Å². The van der Waals surface area contributed by atoms with Crippen LogP contribution in [0.15, 0.2) is 182 Å². The van der Waals surface area contributed by atoms with Crippen molar-refractivity contribution < 1.29 is 20.7 Å². The molecule has 0 spiro atoms. The van der Waals surface area contributed by atoms with Crippen molar-refractivity contribution >= 4 is 73.1 Å². The van der Waals surface area contributed by atoms with E-state index in [1.807, 2.05) is 0 Å². The van der Waals surface area contributed by atoms with E-state index < -0.39 is 15.8 Å². The van der Waals surface area contributed by atoms with Gasteiger partial charge in [0.05, 0.1) is 0 Å². The van der Waals surface area contributed by atoms with Gasteiger partial charge in [0.2, 0.25) is 6.41 Å². The molecule has 46 heavy (non-hydrogen) atoms. The van der Waals surface area contributed by atoms with Gasteiger partial charge in [-0.05, 0) is 47.7 Å². The van der Waals surface area contributed by atoms with Gasteiger partial charge in [-0.15, -0.1) is 0 Å². The third-order valence-corrected chi connectivity index (χ3v) is 11.2. The molecule has 0 heterocycles. The summed E-state index contributed by atoms with van der Waals surface area (Å²) in [5.74, 6) is 0. The maximum absolute atomic E-state index is 9.43. The van der Waals surface area contributed by atoms with Crippen LogP contribution in [-0.4, -0.2) is 25.4 Å². The maximum Gasteiger partial charge on any atom is -0.0134 e. The number of hydrogen-bond acceptors (Lipinski definition) is 1. The average Bonchev–Trinajstić information content (AvgIpc) is 3.12. The summed E-state index contributed by atoms with van der Waals surface area (Å²) in [6.07, 6.45) is 0.750. The third kappa shape index (κ3) is 12.9. The number of carbonyl (C=O) groups excluding carboxylic acids is 1. The van der Waals surface area contributed by atoms with Crippen molar-refractivity contribution in [1.82, 2.24) is 4.90 Å². The topological polar surface area (TPSA) is 20.3 Å². The second kappa shape index (κ2) is 22.4. The zero-order chi connectivity index (χ0) is 32.8. The van der Waals surface area contributed by atoms with Crippen LogP contribution in [0.25, 0.3) is 0 Å². The van der Waals surface area contributed by atoms with E-state index in [9.17, 15) is 4.79 Å². The first-order valence-electron chi connectivity index (χ1n) is 14.4. The molecule has 238 valence electrons. The van der Waals surface area contributed by atoms with Crippen LogP contribution in [0.3, 0.4) is 0 Å². The van der Waals surface area contributed by atoms with Crippen LogP contribution in [-0.2, 0) is 20.7 Å². The Labute approximate surface area is 293 Å². The summed E-state index contributed by atoms with van der Waals surface area (Å²) >= 11 is -0.106. The molecular weight excluding hydrogens is 738 g/mol. The second-order valence-electron chi connectivity index (χ2n) is 9.80. The van der Waals surface area contributed by atoms with Gasteiger partial charge in [-0.2, -0.15) is 0 Å². The van der Waals surface area contributed by atoms with E-state index in [-0.39, 0.29) is 15.9 Å². The van der Waals surface area contributed by atoms with Crippen molar-refractivity contribution in [3.8, 4) is 0 Å². The summed E-state index contributed by atoms with van der Waals surface area (Å²) in [4.78, 5) is 10.9. The van der Waals surface area contributed by atoms with Gasteiger partial charge in [-0.3, -0.25) is 4.79 Å². The van der Waals surface area contributed by atoms with E-state index in [0.717, 1.165) is 6.41 Å². The Bertz CT molecular complexity index is 1310. The number of benzene rings is 6. The SMILES string of the molecule is CN(C)C=O.[Cl][Pd][Cl].c1ccc(P(c2ccccc2)c2ccccc2)cc1.c1ccc(P(c2ccccc2)c2ccccc2)cc1. The number of carbonyl (C=O) groups is 1. The van der Waals surface area contributed by atoms with Crippen LogP contribution < -0.4 is 31.8 Å². The summed E-state index contributed by atoms with van der Waals surface area (Å²) in [5.41, 5.74) is 0. The molecule has 0 atom stereocenters. The normalized spacial score (nSPS) is 9.96. The fourth-order valence-electron chi connectivity index (χ4n) is 4.36. The Morgan fingerprint density at radius 3 is 0.652 bits per heavy atom. The molecule has 6 aromatic rings. The van der Waals surface area contributed by atoms with Crippen molar-refractivity contribution in [3.05, 3.63) is 182 Å². The van der Waals surface area contributed by atoms with Crippen molar-refractivity contribution in [2.75, 3.05) is 14.1 Å². The van der Waals surface area contributed by atoms with Gasteiger partial charge >= 0.3 is 35.0 Å². The zero-order valence-corrected chi connectivity index (χ0v) is 30.6. The zero-order valence-electron chi connectivity index (χ0n) is 25.7. The first kappa shape index (κ1) is 37.4. The van der Waals surface area contributed by atoms with Gasteiger partial charge in [-0.1, -0.05) is 182 Å². The van der Waals surface area contributed by atoms with E-state index >= 15 is 0 Å². The molecule has 0 unspecified atom stereocenters. The Morgan fingerprint density at radius 1 is 0.413 bits per heavy atom. The largest absolute Gasteiger partial charge is 0.0622 e. The van der Waals surface area contributed by atoms with E-state index in [0.29, 0.717) is 0 Å². The molecule has 0 radical (unpaired) electrons. The maximum atomic E-state index is 9.43. The van der Waals surface area contributed by atoms with Crippen LogP contribution in [0.4, 0.5) is 0 Å². The summed E-state index contributed by atoms with van der Waals surface area (Å²) in [7, 11) is 12.1. The summed E-state index contributed by atoms with van der Waals surface area (Å²) < 4.78 is 0. The molecular formula is C39H37Cl2NOP2Pd. The van der Waals surface area contributed by atoms with Crippen LogP contribution in [0.5, 0.6) is 0 Å². The molecule has 6 rings (SSSR count).